The molecule has 0 aromatic carbocycles. The summed E-state index contributed by atoms with van der Waals surface area (Å²) in [5.74, 6) is 1.24. The van der Waals surface area contributed by atoms with Crippen molar-refractivity contribution in [2.24, 2.45) is 5.41 Å². The third kappa shape index (κ3) is 2.09. The van der Waals surface area contributed by atoms with Crippen molar-refractivity contribution in [3.05, 3.63) is 0 Å². The monoisotopic (exact) mass is 241 g/mol. The fraction of sp³-hybridized carbons (Fsp3) is 0.727. The Morgan fingerprint density at radius 2 is 2.25 bits per heavy atom. The Bertz CT molecular complexity index is 375. The molecule has 0 amide bonds. The lowest BCUT2D eigenvalue weighted by Gasteiger charge is -2.38. The van der Waals surface area contributed by atoms with E-state index < -0.39 is 0 Å². The molecule has 0 atom stereocenters. The van der Waals surface area contributed by atoms with E-state index in [1.807, 2.05) is 0 Å². The predicted molar refractivity (Wildman–Crippen MR) is 68.3 cm³/mol. The van der Waals surface area contributed by atoms with E-state index in [9.17, 15) is 0 Å². The van der Waals surface area contributed by atoms with Gasteiger partial charge in [-0.05, 0) is 29.8 Å². The van der Waals surface area contributed by atoms with Gasteiger partial charge < -0.3 is 15.4 Å². The molecule has 1 aromatic rings. The Kier molecular flexibility index (Phi) is 2.97. The second-order valence-electron chi connectivity index (χ2n) is 5.10. The van der Waals surface area contributed by atoms with Gasteiger partial charge in [0.15, 0.2) is 16.6 Å². The zero-order chi connectivity index (χ0) is 11.8. The summed E-state index contributed by atoms with van der Waals surface area (Å²) in [4.78, 5) is 2.34. The molecule has 0 bridgehead atoms. The normalized spacial score (nSPS) is 19.8. The maximum Gasteiger partial charge on any atom is 0.197 e. The minimum absolute atomic E-state index is 0.363. The van der Waals surface area contributed by atoms with Gasteiger partial charge in [0, 0.05) is 13.1 Å². The van der Waals surface area contributed by atoms with Gasteiger partial charge in [-0.25, -0.2) is 0 Å². The minimum Gasteiger partial charge on any atom is -0.490 e. The van der Waals surface area contributed by atoms with Crippen LogP contribution in [0.1, 0.15) is 26.7 Å². The zero-order valence-electron chi connectivity index (χ0n) is 10.1. The van der Waals surface area contributed by atoms with E-state index in [0.29, 0.717) is 11.2 Å². The number of nitrogen functional groups attached to an aromatic ring is 1. The average Bonchev–Trinajstić information content (AvgIpc) is 2.58. The SMILES string of the molecule is COc1c(N)nsc1N1CCCC(C)(C)C1. The number of hydrogen-bond acceptors (Lipinski definition) is 5. The molecular weight excluding hydrogens is 222 g/mol. The standard InChI is InChI=1S/C11H19N3OS/c1-11(2)5-4-6-14(7-11)10-8(15-3)9(12)13-16-10/h4-7H2,1-3H3,(H2,12,13). The molecule has 1 fully saturated rings. The Labute approximate surface area is 101 Å². The summed E-state index contributed by atoms with van der Waals surface area (Å²) in [5.41, 5.74) is 6.14. The molecule has 4 nitrogen and oxygen atoms in total. The number of piperidine rings is 1. The Morgan fingerprint density at radius 3 is 2.88 bits per heavy atom. The lowest BCUT2D eigenvalue weighted by Crippen LogP contribution is -2.39. The van der Waals surface area contributed by atoms with Crippen molar-refractivity contribution in [1.82, 2.24) is 4.37 Å². The second kappa shape index (κ2) is 4.13. The van der Waals surface area contributed by atoms with Crippen molar-refractivity contribution in [3.63, 3.8) is 0 Å². The molecule has 0 aliphatic carbocycles. The van der Waals surface area contributed by atoms with Gasteiger partial charge in [-0.3, -0.25) is 0 Å². The predicted octanol–water partition coefficient (Wildman–Crippen LogP) is 2.36. The third-order valence-corrected chi connectivity index (χ3v) is 3.95. The molecule has 1 aromatic heterocycles. The number of nitrogens with two attached hydrogens (primary N) is 1. The van der Waals surface area contributed by atoms with Crippen molar-refractivity contribution in [2.45, 2.75) is 26.7 Å². The summed E-state index contributed by atoms with van der Waals surface area (Å²) in [5, 5.41) is 1.08. The largest absolute Gasteiger partial charge is 0.490 e. The topological polar surface area (TPSA) is 51.4 Å². The first-order valence-electron chi connectivity index (χ1n) is 5.57. The van der Waals surface area contributed by atoms with Crippen molar-refractivity contribution < 1.29 is 4.74 Å². The Hall–Kier alpha value is -0.970. The van der Waals surface area contributed by atoms with Crippen molar-refractivity contribution in [2.75, 3.05) is 30.8 Å². The quantitative estimate of drug-likeness (QED) is 0.863. The molecule has 1 aliphatic rings. The van der Waals surface area contributed by atoms with Crippen LogP contribution >= 0.6 is 11.5 Å². The number of nitrogens with zero attached hydrogens (tertiary/aromatic N) is 2. The van der Waals surface area contributed by atoms with Crippen molar-refractivity contribution in [3.8, 4) is 5.75 Å². The lowest BCUT2D eigenvalue weighted by molar-refractivity contribution is 0.292. The molecular formula is C11H19N3OS. The molecule has 0 unspecified atom stereocenters. The van der Waals surface area contributed by atoms with E-state index in [1.165, 1.54) is 24.4 Å². The van der Waals surface area contributed by atoms with Crippen LogP contribution in [0, 0.1) is 5.41 Å². The molecule has 1 saturated heterocycles. The zero-order valence-corrected chi connectivity index (χ0v) is 10.9. The highest BCUT2D eigenvalue weighted by Crippen LogP contribution is 2.41. The van der Waals surface area contributed by atoms with Gasteiger partial charge in [0.2, 0.25) is 0 Å². The summed E-state index contributed by atoms with van der Waals surface area (Å²) in [7, 11) is 1.65. The van der Waals surface area contributed by atoms with Crippen LogP contribution in [0.25, 0.3) is 0 Å². The van der Waals surface area contributed by atoms with Crippen LogP contribution in [0.4, 0.5) is 10.8 Å². The molecule has 2 N–H and O–H groups in total. The highest BCUT2D eigenvalue weighted by atomic mass is 32.1. The lowest BCUT2D eigenvalue weighted by atomic mass is 9.84. The van der Waals surface area contributed by atoms with E-state index in [2.05, 4.69) is 23.1 Å². The number of rotatable bonds is 2. The molecule has 90 valence electrons. The Balaban J connectivity index is 2.23. The summed E-state index contributed by atoms with van der Waals surface area (Å²) in [6.45, 7) is 6.72. The molecule has 0 spiro atoms. The summed E-state index contributed by atoms with van der Waals surface area (Å²) in [6, 6.07) is 0. The number of methoxy groups -OCH3 is 1. The van der Waals surface area contributed by atoms with Crippen molar-refractivity contribution >= 4 is 22.4 Å². The molecule has 5 heteroatoms. The number of anilines is 2. The highest BCUT2D eigenvalue weighted by Gasteiger charge is 2.29. The van der Waals surface area contributed by atoms with Crippen molar-refractivity contribution in [1.29, 1.82) is 0 Å². The van der Waals surface area contributed by atoms with Gasteiger partial charge in [-0.1, -0.05) is 13.8 Å². The van der Waals surface area contributed by atoms with Gasteiger partial charge >= 0.3 is 0 Å². The minimum atomic E-state index is 0.363. The van der Waals surface area contributed by atoms with Crippen LogP contribution in [0.3, 0.4) is 0 Å². The van der Waals surface area contributed by atoms with E-state index in [4.69, 9.17) is 10.5 Å². The second-order valence-corrected chi connectivity index (χ2v) is 5.85. The fourth-order valence-electron chi connectivity index (χ4n) is 2.27. The number of ether oxygens (including phenoxy) is 1. The molecule has 16 heavy (non-hydrogen) atoms. The molecule has 2 heterocycles. The van der Waals surface area contributed by atoms with Gasteiger partial charge in [0.25, 0.3) is 0 Å². The maximum absolute atomic E-state index is 5.77. The van der Waals surface area contributed by atoms with Crippen LogP contribution in [-0.2, 0) is 0 Å². The van der Waals surface area contributed by atoms with E-state index in [0.717, 1.165) is 23.8 Å². The third-order valence-electron chi connectivity index (χ3n) is 3.05. The maximum atomic E-state index is 5.77. The highest BCUT2D eigenvalue weighted by molar-refractivity contribution is 7.11. The number of aromatic nitrogens is 1. The van der Waals surface area contributed by atoms with E-state index >= 15 is 0 Å². The van der Waals surface area contributed by atoms with Crippen LogP contribution in [0.5, 0.6) is 5.75 Å². The summed E-state index contributed by atoms with van der Waals surface area (Å²) >= 11 is 1.43. The summed E-state index contributed by atoms with van der Waals surface area (Å²) < 4.78 is 9.48. The summed E-state index contributed by atoms with van der Waals surface area (Å²) in [6.07, 6.45) is 2.49. The molecule has 0 radical (unpaired) electrons. The van der Waals surface area contributed by atoms with Crippen LogP contribution in [-0.4, -0.2) is 24.6 Å². The van der Waals surface area contributed by atoms with E-state index in [1.54, 1.807) is 7.11 Å². The number of hydrogen-bond donors (Lipinski definition) is 1. The first-order chi connectivity index (χ1) is 7.53. The van der Waals surface area contributed by atoms with Gasteiger partial charge in [-0.15, -0.1) is 0 Å². The van der Waals surface area contributed by atoms with Crippen LogP contribution in [0.15, 0.2) is 0 Å². The van der Waals surface area contributed by atoms with Gasteiger partial charge in [0.1, 0.15) is 0 Å². The average molecular weight is 241 g/mol. The molecule has 2 rings (SSSR count). The van der Waals surface area contributed by atoms with Crippen LogP contribution in [0.2, 0.25) is 0 Å². The first kappa shape index (κ1) is 11.5. The molecule has 1 aliphatic heterocycles. The smallest absolute Gasteiger partial charge is 0.197 e. The van der Waals surface area contributed by atoms with Gasteiger partial charge in [0.05, 0.1) is 7.11 Å². The molecule has 0 saturated carbocycles. The van der Waals surface area contributed by atoms with Gasteiger partial charge in [-0.2, -0.15) is 4.37 Å². The Morgan fingerprint density at radius 1 is 1.50 bits per heavy atom. The fourth-order valence-corrected chi connectivity index (χ4v) is 3.08. The van der Waals surface area contributed by atoms with E-state index in [-0.39, 0.29) is 0 Å². The van der Waals surface area contributed by atoms with Crippen LogP contribution < -0.4 is 15.4 Å². The first-order valence-corrected chi connectivity index (χ1v) is 6.35.